The summed E-state index contributed by atoms with van der Waals surface area (Å²) in [5.41, 5.74) is 1.06. The number of imide groups is 1. The Morgan fingerprint density at radius 3 is 2.50 bits per heavy atom. The molecule has 0 heterocycles. The fourth-order valence-corrected chi connectivity index (χ4v) is 2.79. The van der Waals surface area contributed by atoms with Crippen molar-refractivity contribution < 1.29 is 9.59 Å². The average Bonchev–Trinajstić information content (AvgIpc) is 2.93. The topological polar surface area (TPSA) is 61.4 Å². The van der Waals surface area contributed by atoms with Crippen LogP contribution in [0.4, 0.5) is 4.79 Å². The second-order valence-corrected chi connectivity index (χ2v) is 6.24. The zero-order valence-corrected chi connectivity index (χ0v) is 13.5. The normalized spacial score (nSPS) is 15.0. The van der Waals surface area contributed by atoms with Gasteiger partial charge in [0.05, 0.1) is 6.54 Å². The highest BCUT2D eigenvalue weighted by Crippen LogP contribution is 2.17. The maximum absolute atomic E-state index is 11.8. The molecule has 22 heavy (non-hydrogen) atoms. The predicted molar refractivity (Wildman–Crippen MR) is 86.7 cm³/mol. The average molecular weight is 324 g/mol. The minimum atomic E-state index is -0.392. The monoisotopic (exact) mass is 323 g/mol. The molecule has 0 radical (unpaired) electrons. The van der Waals surface area contributed by atoms with Crippen molar-refractivity contribution in [2.45, 2.75) is 38.3 Å². The van der Waals surface area contributed by atoms with Gasteiger partial charge in [0.2, 0.25) is 5.91 Å². The van der Waals surface area contributed by atoms with Gasteiger partial charge in [-0.25, -0.2) is 4.79 Å². The molecular formula is C16H22ClN3O2. The lowest BCUT2D eigenvalue weighted by molar-refractivity contribution is -0.121. The largest absolute Gasteiger partial charge is 0.335 e. The Morgan fingerprint density at radius 2 is 1.86 bits per heavy atom. The van der Waals surface area contributed by atoms with E-state index in [1.165, 1.54) is 0 Å². The van der Waals surface area contributed by atoms with E-state index in [4.69, 9.17) is 11.6 Å². The number of carbonyl (C=O) groups is 2. The Balaban J connectivity index is 1.71. The Kier molecular flexibility index (Phi) is 6.21. The minimum absolute atomic E-state index is 0.167. The minimum Gasteiger partial charge on any atom is -0.335 e. The molecule has 120 valence electrons. The Bertz CT molecular complexity index is 513. The smallest absolute Gasteiger partial charge is 0.321 e. The van der Waals surface area contributed by atoms with E-state index in [9.17, 15) is 9.59 Å². The van der Waals surface area contributed by atoms with Gasteiger partial charge in [-0.05, 0) is 37.6 Å². The van der Waals surface area contributed by atoms with Crippen LogP contribution < -0.4 is 10.6 Å². The summed E-state index contributed by atoms with van der Waals surface area (Å²) in [6.07, 6.45) is 4.28. The molecule has 0 aliphatic heterocycles. The van der Waals surface area contributed by atoms with Gasteiger partial charge in [-0.2, -0.15) is 0 Å². The molecule has 6 heteroatoms. The third-order valence-electron chi connectivity index (χ3n) is 3.72. The SMILES string of the molecule is CN(CC(=O)NC(=O)NC1CCCC1)Cc1ccc(Cl)cc1. The summed E-state index contributed by atoms with van der Waals surface area (Å²) in [7, 11) is 1.84. The van der Waals surface area contributed by atoms with E-state index < -0.39 is 6.03 Å². The maximum atomic E-state index is 11.8. The van der Waals surface area contributed by atoms with Crippen molar-refractivity contribution in [3.8, 4) is 0 Å². The molecule has 0 saturated heterocycles. The summed E-state index contributed by atoms with van der Waals surface area (Å²) in [6, 6.07) is 7.30. The fraction of sp³-hybridized carbons (Fsp3) is 0.500. The molecule has 2 N–H and O–H groups in total. The van der Waals surface area contributed by atoms with Crippen LogP contribution >= 0.6 is 11.6 Å². The van der Waals surface area contributed by atoms with Crippen LogP contribution in [0.3, 0.4) is 0 Å². The van der Waals surface area contributed by atoms with Gasteiger partial charge < -0.3 is 5.32 Å². The summed E-state index contributed by atoms with van der Waals surface area (Å²) in [5.74, 6) is -0.299. The van der Waals surface area contributed by atoms with Crippen LogP contribution in [0.25, 0.3) is 0 Å². The second-order valence-electron chi connectivity index (χ2n) is 5.80. The molecule has 1 aromatic carbocycles. The first-order valence-electron chi connectivity index (χ1n) is 7.56. The summed E-state index contributed by atoms with van der Waals surface area (Å²) in [5, 5.41) is 5.90. The Hall–Kier alpha value is -1.59. The zero-order chi connectivity index (χ0) is 15.9. The van der Waals surface area contributed by atoms with E-state index in [0.717, 1.165) is 31.2 Å². The lowest BCUT2D eigenvalue weighted by Gasteiger charge is -2.17. The molecule has 0 aromatic heterocycles. The number of carbonyl (C=O) groups excluding carboxylic acids is 2. The van der Waals surface area contributed by atoms with Crippen LogP contribution in [0.15, 0.2) is 24.3 Å². The van der Waals surface area contributed by atoms with Crippen LogP contribution in [0, 0.1) is 0 Å². The van der Waals surface area contributed by atoms with Gasteiger partial charge in [0.25, 0.3) is 0 Å². The number of nitrogens with one attached hydrogen (secondary N) is 2. The Morgan fingerprint density at radius 1 is 1.23 bits per heavy atom. The Labute approximate surface area is 136 Å². The number of urea groups is 1. The molecule has 1 fully saturated rings. The number of likely N-dealkylation sites (N-methyl/N-ethyl adjacent to an activating group) is 1. The quantitative estimate of drug-likeness (QED) is 0.875. The van der Waals surface area contributed by atoms with Gasteiger partial charge in [-0.1, -0.05) is 36.6 Å². The first-order chi connectivity index (χ1) is 10.5. The standard InChI is InChI=1S/C16H22ClN3O2/c1-20(10-12-6-8-13(17)9-7-12)11-15(21)19-16(22)18-14-4-2-3-5-14/h6-9,14H,2-5,10-11H2,1H3,(H2,18,19,21,22). The lowest BCUT2D eigenvalue weighted by Crippen LogP contribution is -2.46. The van der Waals surface area contributed by atoms with E-state index in [1.807, 2.05) is 36.2 Å². The third-order valence-corrected chi connectivity index (χ3v) is 3.97. The molecular weight excluding hydrogens is 302 g/mol. The number of nitrogens with zero attached hydrogens (tertiary/aromatic N) is 1. The van der Waals surface area contributed by atoms with Crippen LogP contribution in [0.1, 0.15) is 31.2 Å². The van der Waals surface area contributed by atoms with Crippen LogP contribution in [-0.2, 0) is 11.3 Å². The first-order valence-corrected chi connectivity index (χ1v) is 7.94. The van der Waals surface area contributed by atoms with Crippen LogP contribution in [0.5, 0.6) is 0 Å². The molecule has 0 atom stereocenters. The van der Waals surface area contributed by atoms with Crippen molar-refractivity contribution in [3.63, 3.8) is 0 Å². The summed E-state index contributed by atoms with van der Waals surface area (Å²) in [4.78, 5) is 25.4. The second kappa shape index (κ2) is 8.15. The van der Waals surface area contributed by atoms with Crippen molar-refractivity contribution in [1.29, 1.82) is 0 Å². The molecule has 0 spiro atoms. The van der Waals surface area contributed by atoms with E-state index >= 15 is 0 Å². The molecule has 3 amide bonds. The zero-order valence-electron chi connectivity index (χ0n) is 12.8. The van der Waals surface area contributed by atoms with Crippen molar-refractivity contribution >= 4 is 23.5 Å². The third kappa shape index (κ3) is 5.66. The van der Waals surface area contributed by atoms with Gasteiger partial charge in [0.15, 0.2) is 0 Å². The predicted octanol–water partition coefficient (Wildman–Crippen LogP) is 2.54. The van der Waals surface area contributed by atoms with Crippen molar-refractivity contribution in [2.75, 3.05) is 13.6 Å². The number of halogens is 1. The summed E-state index contributed by atoms with van der Waals surface area (Å²) < 4.78 is 0. The van der Waals surface area contributed by atoms with Crippen LogP contribution in [0.2, 0.25) is 5.02 Å². The summed E-state index contributed by atoms with van der Waals surface area (Å²) in [6.45, 7) is 0.787. The molecule has 1 saturated carbocycles. The number of benzene rings is 1. The van der Waals surface area contributed by atoms with Gasteiger partial charge >= 0.3 is 6.03 Å². The number of hydrogen-bond donors (Lipinski definition) is 2. The number of amides is 3. The fourth-order valence-electron chi connectivity index (χ4n) is 2.66. The van der Waals surface area contributed by atoms with E-state index in [-0.39, 0.29) is 18.5 Å². The molecule has 2 rings (SSSR count). The van der Waals surface area contributed by atoms with Gasteiger partial charge in [0, 0.05) is 17.6 Å². The van der Waals surface area contributed by atoms with Gasteiger partial charge in [-0.15, -0.1) is 0 Å². The first kappa shape index (κ1) is 16.8. The van der Waals surface area contributed by atoms with Gasteiger partial charge in [-0.3, -0.25) is 15.0 Å². The molecule has 1 aliphatic carbocycles. The van der Waals surface area contributed by atoms with Crippen LogP contribution in [-0.4, -0.2) is 36.5 Å². The highest BCUT2D eigenvalue weighted by Gasteiger charge is 2.18. The summed E-state index contributed by atoms with van der Waals surface area (Å²) >= 11 is 5.84. The number of hydrogen-bond acceptors (Lipinski definition) is 3. The van der Waals surface area contributed by atoms with Crippen molar-refractivity contribution in [3.05, 3.63) is 34.9 Å². The molecule has 5 nitrogen and oxygen atoms in total. The highest BCUT2D eigenvalue weighted by atomic mass is 35.5. The lowest BCUT2D eigenvalue weighted by atomic mass is 10.2. The number of rotatable bonds is 5. The van der Waals surface area contributed by atoms with E-state index in [1.54, 1.807) is 0 Å². The molecule has 0 unspecified atom stereocenters. The van der Waals surface area contributed by atoms with Gasteiger partial charge in [0.1, 0.15) is 0 Å². The maximum Gasteiger partial charge on any atom is 0.321 e. The van der Waals surface area contributed by atoms with E-state index in [0.29, 0.717) is 11.6 Å². The van der Waals surface area contributed by atoms with Crippen molar-refractivity contribution in [2.24, 2.45) is 0 Å². The molecule has 1 aromatic rings. The van der Waals surface area contributed by atoms with Crippen molar-refractivity contribution in [1.82, 2.24) is 15.5 Å². The molecule has 1 aliphatic rings. The highest BCUT2D eigenvalue weighted by molar-refractivity contribution is 6.30. The molecule has 0 bridgehead atoms. The van der Waals surface area contributed by atoms with E-state index in [2.05, 4.69) is 10.6 Å².